The lowest BCUT2D eigenvalue weighted by atomic mass is 10.2. The van der Waals surface area contributed by atoms with Gasteiger partial charge in [-0.25, -0.2) is 9.97 Å². The molecule has 0 fully saturated rings. The third-order valence-electron chi connectivity index (χ3n) is 2.85. The average Bonchev–Trinajstić information content (AvgIpc) is 2.38. The van der Waals surface area contributed by atoms with Gasteiger partial charge in [-0.1, -0.05) is 30.3 Å². The molecule has 0 amide bonds. The summed E-state index contributed by atoms with van der Waals surface area (Å²) in [6, 6.07) is 12.3. The lowest BCUT2D eigenvalue weighted by molar-refractivity contribution is 0.804. The van der Waals surface area contributed by atoms with Gasteiger partial charge in [0.1, 0.15) is 11.6 Å². The summed E-state index contributed by atoms with van der Waals surface area (Å²) in [7, 11) is 0. The molecule has 2 aromatic rings. The van der Waals surface area contributed by atoms with Gasteiger partial charge in [0.25, 0.3) is 0 Å². The van der Waals surface area contributed by atoms with Crippen LogP contribution < -0.4 is 4.90 Å². The fourth-order valence-corrected chi connectivity index (χ4v) is 2.24. The van der Waals surface area contributed by atoms with Gasteiger partial charge in [0.05, 0.1) is 0 Å². The molecule has 3 nitrogen and oxygen atoms in total. The molecule has 0 spiro atoms. The normalized spacial score (nSPS) is 10.5. The van der Waals surface area contributed by atoms with Crippen LogP contribution in [0.3, 0.4) is 0 Å². The first-order valence-corrected chi connectivity index (χ1v) is 6.89. The highest BCUT2D eigenvalue weighted by Crippen LogP contribution is 2.16. The molecule has 0 saturated heterocycles. The summed E-state index contributed by atoms with van der Waals surface area (Å²) in [6.45, 7) is 5.48. The maximum absolute atomic E-state index is 5.91. The van der Waals surface area contributed by atoms with E-state index < -0.39 is 0 Å². The molecule has 4 heteroatoms. The summed E-state index contributed by atoms with van der Waals surface area (Å²) in [5.41, 5.74) is 2.23. The highest BCUT2D eigenvalue weighted by atomic mass is 35.5. The predicted octanol–water partition coefficient (Wildman–Crippen LogP) is 3.34. The quantitative estimate of drug-likeness (QED) is 0.784. The van der Waals surface area contributed by atoms with Crippen molar-refractivity contribution in [2.75, 3.05) is 17.3 Å². The molecule has 1 aromatic carbocycles. The van der Waals surface area contributed by atoms with Crippen molar-refractivity contribution < 1.29 is 0 Å². The molecular weight excluding hydrogens is 258 g/mol. The van der Waals surface area contributed by atoms with Crippen LogP contribution in [-0.2, 0) is 6.54 Å². The zero-order chi connectivity index (χ0) is 13.7. The Bertz CT molecular complexity index is 508. The van der Waals surface area contributed by atoms with E-state index in [-0.39, 0.29) is 0 Å². The lowest BCUT2D eigenvalue weighted by Gasteiger charge is -2.23. The molecule has 0 aliphatic carbocycles. The van der Waals surface area contributed by atoms with Crippen molar-refractivity contribution in [3.63, 3.8) is 0 Å². The second kappa shape index (κ2) is 6.53. The maximum atomic E-state index is 5.91. The van der Waals surface area contributed by atoms with Gasteiger partial charge < -0.3 is 4.90 Å². The molecule has 0 aliphatic heterocycles. The van der Waals surface area contributed by atoms with Crippen LogP contribution in [0.2, 0.25) is 0 Å². The Labute approximate surface area is 119 Å². The van der Waals surface area contributed by atoms with Gasteiger partial charge in [-0.05, 0) is 19.4 Å². The minimum Gasteiger partial charge on any atom is -0.351 e. The van der Waals surface area contributed by atoms with E-state index in [2.05, 4.69) is 27.0 Å². The number of aromatic nitrogens is 2. The van der Waals surface area contributed by atoms with Crippen molar-refractivity contribution in [1.29, 1.82) is 0 Å². The maximum Gasteiger partial charge on any atom is 0.132 e. The molecule has 100 valence electrons. The van der Waals surface area contributed by atoms with Crippen LogP contribution in [0, 0.1) is 13.8 Å². The molecule has 0 unspecified atom stereocenters. The number of anilines is 1. The molecule has 2 rings (SSSR count). The van der Waals surface area contributed by atoms with Gasteiger partial charge >= 0.3 is 0 Å². The molecule has 1 heterocycles. The highest BCUT2D eigenvalue weighted by Gasteiger charge is 2.09. The smallest absolute Gasteiger partial charge is 0.132 e. The fourth-order valence-electron chi connectivity index (χ4n) is 2.04. The molecule has 1 aromatic heterocycles. The summed E-state index contributed by atoms with van der Waals surface area (Å²) < 4.78 is 0. The summed E-state index contributed by atoms with van der Waals surface area (Å²) in [5.74, 6) is 2.31. The van der Waals surface area contributed by atoms with Crippen LogP contribution in [0.5, 0.6) is 0 Å². The number of rotatable bonds is 5. The number of alkyl halides is 1. The second-order valence-corrected chi connectivity index (χ2v) is 4.89. The van der Waals surface area contributed by atoms with Crippen LogP contribution >= 0.6 is 11.6 Å². The molecular formula is C15H18ClN3. The topological polar surface area (TPSA) is 29.0 Å². The molecule has 0 radical (unpaired) electrons. The van der Waals surface area contributed by atoms with Gasteiger partial charge in [-0.15, -0.1) is 11.6 Å². The molecule has 0 N–H and O–H groups in total. The Morgan fingerprint density at radius 2 is 1.84 bits per heavy atom. The SMILES string of the molecule is Cc1cc(N(CCCl)Cc2ccccc2)nc(C)n1. The first kappa shape index (κ1) is 13.8. The third-order valence-corrected chi connectivity index (χ3v) is 3.02. The lowest BCUT2D eigenvalue weighted by Crippen LogP contribution is -2.26. The highest BCUT2D eigenvalue weighted by molar-refractivity contribution is 6.18. The fraction of sp³-hybridized carbons (Fsp3) is 0.333. The Morgan fingerprint density at radius 3 is 2.47 bits per heavy atom. The van der Waals surface area contributed by atoms with Crippen molar-refractivity contribution in [3.05, 3.63) is 53.5 Å². The van der Waals surface area contributed by atoms with Crippen LogP contribution in [0.25, 0.3) is 0 Å². The Morgan fingerprint density at radius 1 is 1.11 bits per heavy atom. The summed E-state index contributed by atoms with van der Waals surface area (Å²) >= 11 is 5.91. The van der Waals surface area contributed by atoms with E-state index in [1.807, 2.05) is 38.1 Å². The first-order valence-electron chi connectivity index (χ1n) is 6.36. The largest absolute Gasteiger partial charge is 0.351 e. The first-order chi connectivity index (χ1) is 9.19. The summed E-state index contributed by atoms with van der Waals surface area (Å²) in [5, 5.41) is 0. The zero-order valence-electron chi connectivity index (χ0n) is 11.3. The number of nitrogens with zero attached hydrogens (tertiary/aromatic N) is 3. The van der Waals surface area contributed by atoms with Gasteiger partial charge in [0, 0.05) is 30.7 Å². The van der Waals surface area contributed by atoms with Crippen molar-refractivity contribution in [2.45, 2.75) is 20.4 Å². The van der Waals surface area contributed by atoms with E-state index in [4.69, 9.17) is 11.6 Å². The number of halogens is 1. The van der Waals surface area contributed by atoms with Crippen LogP contribution in [0.4, 0.5) is 5.82 Å². The van der Waals surface area contributed by atoms with Crippen molar-refractivity contribution in [1.82, 2.24) is 9.97 Å². The van der Waals surface area contributed by atoms with Gasteiger partial charge in [-0.3, -0.25) is 0 Å². The predicted molar refractivity (Wildman–Crippen MR) is 79.7 cm³/mol. The molecule has 0 saturated carbocycles. The van der Waals surface area contributed by atoms with E-state index in [0.29, 0.717) is 5.88 Å². The molecule has 19 heavy (non-hydrogen) atoms. The van der Waals surface area contributed by atoms with E-state index in [1.165, 1.54) is 5.56 Å². The minimum atomic E-state index is 0.578. The molecule has 0 aliphatic rings. The van der Waals surface area contributed by atoms with Gasteiger partial charge in [-0.2, -0.15) is 0 Å². The van der Waals surface area contributed by atoms with E-state index >= 15 is 0 Å². The van der Waals surface area contributed by atoms with E-state index in [1.54, 1.807) is 0 Å². The monoisotopic (exact) mass is 275 g/mol. The van der Waals surface area contributed by atoms with Gasteiger partial charge in [0.15, 0.2) is 0 Å². The van der Waals surface area contributed by atoms with Gasteiger partial charge in [0.2, 0.25) is 0 Å². The van der Waals surface area contributed by atoms with Crippen molar-refractivity contribution in [3.8, 4) is 0 Å². The van der Waals surface area contributed by atoms with Crippen LogP contribution in [-0.4, -0.2) is 22.4 Å². The zero-order valence-corrected chi connectivity index (χ0v) is 12.1. The van der Waals surface area contributed by atoms with Crippen LogP contribution in [0.1, 0.15) is 17.1 Å². The number of aryl methyl sites for hydroxylation is 2. The Balaban J connectivity index is 2.24. The Hall–Kier alpha value is -1.61. The van der Waals surface area contributed by atoms with E-state index in [0.717, 1.165) is 30.4 Å². The Kier molecular flexibility index (Phi) is 4.74. The molecule has 0 atom stereocenters. The van der Waals surface area contributed by atoms with Crippen molar-refractivity contribution in [2.24, 2.45) is 0 Å². The number of hydrogen-bond acceptors (Lipinski definition) is 3. The van der Waals surface area contributed by atoms with E-state index in [9.17, 15) is 0 Å². The standard InChI is InChI=1S/C15H18ClN3/c1-12-10-15(18-13(2)17-12)19(9-8-16)11-14-6-4-3-5-7-14/h3-7,10H,8-9,11H2,1-2H3. The number of hydrogen-bond donors (Lipinski definition) is 0. The second-order valence-electron chi connectivity index (χ2n) is 4.51. The van der Waals surface area contributed by atoms with Crippen molar-refractivity contribution >= 4 is 17.4 Å². The molecule has 0 bridgehead atoms. The third kappa shape index (κ3) is 3.93. The summed E-state index contributed by atoms with van der Waals surface area (Å²) in [6.07, 6.45) is 0. The number of benzene rings is 1. The minimum absolute atomic E-state index is 0.578. The van der Waals surface area contributed by atoms with Crippen LogP contribution in [0.15, 0.2) is 36.4 Å². The summed E-state index contributed by atoms with van der Waals surface area (Å²) in [4.78, 5) is 11.0. The average molecular weight is 276 g/mol.